The van der Waals surface area contributed by atoms with Crippen LogP contribution in [-0.4, -0.2) is 39.2 Å². The van der Waals surface area contributed by atoms with E-state index in [1.54, 1.807) is 17.9 Å². The lowest BCUT2D eigenvalue weighted by Crippen LogP contribution is -2.39. The number of fused-ring (bicyclic) bond motifs is 1. The number of esters is 1. The number of hydrogen-bond acceptors (Lipinski definition) is 5. The average Bonchev–Trinajstić information content (AvgIpc) is 3.04. The Morgan fingerprint density at radius 3 is 2.56 bits per heavy atom. The van der Waals surface area contributed by atoms with Gasteiger partial charge in [-0.15, -0.1) is 0 Å². The van der Waals surface area contributed by atoms with Gasteiger partial charge in [-0.3, -0.25) is 4.79 Å². The zero-order valence-corrected chi connectivity index (χ0v) is 16.2. The van der Waals surface area contributed by atoms with E-state index in [-0.39, 0.29) is 16.4 Å². The zero-order valence-electron chi connectivity index (χ0n) is 15.4. The number of para-hydroxylation sites is 1. The van der Waals surface area contributed by atoms with Crippen LogP contribution in [0.1, 0.15) is 28.4 Å². The standard InChI is InChI=1S/C20H21NO5S/c1-13-8-9-16(27(3,24)25)12-17(13)20(23)26-14(2)19(22)21-11-10-15-6-4-5-7-18(15)21/h4-9,12,14H,10-11H2,1-3H3/t14-/m1/s1. The van der Waals surface area contributed by atoms with Gasteiger partial charge in [-0.05, 0) is 49.6 Å². The lowest BCUT2D eigenvalue weighted by atomic mass is 10.1. The van der Waals surface area contributed by atoms with Crippen molar-refractivity contribution in [2.75, 3.05) is 17.7 Å². The molecule has 0 N–H and O–H groups in total. The van der Waals surface area contributed by atoms with Crippen molar-refractivity contribution in [1.29, 1.82) is 0 Å². The van der Waals surface area contributed by atoms with E-state index >= 15 is 0 Å². The predicted molar refractivity (Wildman–Crippen MR) is 102 cm³/mol. The fraction of sp³-hybridized carbons (Fsp3) is 0.300. The van der Waals surface area contributed by atoms with Gasteiger partial charge < -0.3 is 9.64 Å². The minimum atomic E-state index is -3.45. The second-order valence-corrected chi connectivity index (χ2v) is 8.68. The van der Waals surface area contributed by atoms with Gasteiger partial charge in [0.2, 0.25) is 0 Å². The predicted octanol–water partition coefficient (Wildman–Crippen LogP) is 2.53. The summed E-state index contributed by atoms with van der Waals surface area (Å²) in [6.07, 6.45) is 0.854. The number of ether oxygens (including phenoxy) is 1. The summed E-state index contributed by atoms with van der Waals surface area (Å²) in [6, 6.07) is 11.9. The highest BCUT2D eigenvalue weighted by Gasteiger charge is 2.30. The van der Waals surface area contributed by atoms with E-state index in [1.807, 2.05) is 24.3 Å². The summed E-state index contributed by atoms with van der Waals surface area (Å²) in [5, 5.41) is 0. The Balaban J connectivity index is 1.78. The van der Waals surface area contributed by atoms with Gasteiger partial charge in [0.1, 0.15) is 0 Å². The second kappa shape index (κ2) is 7.15. The average molecular weight is 387 g/mol. The first kappa shape index (κ1) is 19.1. The van der Waals surface area contributed by atoms with Crippen LogP contribution in [0, 0.1) is 6.92 Å². The van der Waals surface area contributed by atoms with Crippen LogP contribution in [0.5, 0.6) is 0 Å². The highest BCUT2D eigenvalue weighted by molar-refractivity contribution is 7.90. The molecule has 0 aliphatic carbocycles. The lowest BCUT2D eigenvalue weighted by molar-refractivity contribution is -0.126. The number of hydrogen-bond donors (Lipinski definition) is 0. The van der Waals surface area contributed by atoms with Crippen molar-refractivity contribution in [3.05, 3.63) is 59.2 Å². The van der Waals surface area contributed by atoms with Gasteiger partial charge in [-0.1, -0.05) is 24.3 Å². The van der Waals surface area contributed by atoms with E-state index in [2.05, 4.69) is 0 Å². The van der Waals surface area contributed by atoms with Gasteiger partial charge in [0.05, 0.1) is 10.5 Å². The summed E-state index contributed by atoms with van der Waals surface area (Å²) in [7, 11) is -3.45. The molecule has 6 nitrogen and oxygen atoms in total. The molecular weight excluding hydrogens is 366 g/mol. The lowest BCUT2D eigenvalue weighted by Gasteiger charge is -2.22. The zero-order chi connectivity index (χ0) is 19.8. The van der Waals surface area contributed by atoms with Crippen LogP contribution in [0.25, 0.3) is 0 Å². The minimum Gasteiger partial charge on any atom is -0.449 e. The van der Waals surface area contributed by atoms with Crippen LogP contribution in [-0.2, 0) is 25.8 Å². The van der Waals surface area contributed by atoms with Gasteiger partial charge in [-0.2, -0.15) is 0 Å². The van der Waals surface area contributed by atoms with Gasteiger partial charge in [0, 0.05) is 18.5 Å². The van der Waals surface area contributed by atoms with Crippen LogP contribution < -0.4 is 4.90 Å². The highest BCUT2D eigenvalue weighted by atomic mass is 32.2. The molecule has 1 amide bonds. The maximum Gasteiger partial charge on any atom is 0.339 e. The molecule has 0 fully saturated rings. The maximum absolute atomic E-state index is 12.7. The number of benzene rings is 2. The molecule has 0 saturated heterocycles. The van der Waals surface area contributed by atoms with E-state index in [0.717, 1.165) is 23.9 Å². The molecule has 0 unspecified atom stereocenters. The van der Waals surface area contributed by atoms with Crippen LogP contribution in [0.4, 0.5) is 5.69 Å². The van der Waals surface area contributed by atoms with E-state index in [0.29, 0.717) is 12.1 Å². The van der Waals surface area contributed by atoms with Crippen LogP contribution in [0.15, 0.2) is 47.4 Å². The van der Waals surface area contributed by atoms with Crippen molar-refractivity contribution in [2.24, 2.45) is 0 Å². The third-order valence-electron chi connectivity index (χ3n) is 4.64. The number of rotatable bonds is 4. The van der Waals surface area contributed by atoms with Crippen molar-refractivity contribution in [3.63, 3.8) is 0 Å². The minimum absolute atomic E-state index is 0.0347. The Hall–Kier alpha value is -2.67. The molecule has 0 spiro atoms. The molecule has 142 valence electrons. The Labute approximate surface area is 158 Å². The SMILES string of the molecule is Cc1ccc(S(C)(=O)=O)cc1C(=O)O[C@H](C)C(=O)N1CCc2ccccc21. The summed E-state index contributed by atoms with van der Waals surface area (Å²) in [5.41, 5.74) is 2.64. The third-order valence-corrected chi connectivity index (χ3v) is 5.75. The molecule has 1 atom stereocenters. The molecule has 0 radical (unpaired) electrons. The molecule has 27 heavy (non-hydrogen) atoms. The van der Waals surface area contributed by atoms with Gasteiger partial charge in [-0.25, -0.2) is 13.2 Å². The Kier molecular flexibility index (Phi) is 5.06. The largest absolute Gasteiger partial charge is 0.449 e. The normalized spacial score (nSPS) is 14.6. The highest BCUT2D eigenvalue weighted by Crippen LogP contribution is 2.28. The van der Waals surface area contributed by atoms with E-state index in [4.69, 9.17) is 4.74 Å². The number of carbonyl (C=O) groups excluding carboxylic acids is 2. The summed E-state index contributed by atoms with van der Waals surface area (Å²) >= 11 is 0. The quantitative estimate of drug-likeness (QED) is 0.753. The van der Waals surface area contributed by atoms with E-state index in [1.165, 1.54) is 19.1 Å². The first-order valence-corrected chi connectivity index (χ1v) is 10.5. The molecule has 2 aromatic carbocycles. The van der Waals surface area contributed by atoms with Crippen LogP contribution in [0.3, 0.4) is 0 Å². The fourth-order valence-corrected chi connectivity index (χ4v) is 3.76. The first-order chi connectivity index (χ1) is 12.7. The molecule has 1 aliphatic heterocycles. The molecule has 3 rings (SSSR count). The maximum atomic E-state index is 12.7. The molecule has 1 aliphatic rings. The van der Waals surface area contributed by atoms with Crippen molar-refractivity contribution in [2.45, 2.75) is 31.3 Å². The monoisotopic (exact) mass is 387 g/mol. The number of nitrogens with zero attached hydrogens (tertiary/aromatic N) is 1. The number of amides is 1. The molecule has 1 heterocycles. The smallest absolute Gasteiger partial charge is 0.339 e. The summed E-state index contributed by atoms with van der Waals surface area (Å²) in [5.74, 6) is -1.02. The van der Waals surface area contributed by atoms with Crippen molar-refractivity contribution >= 4 is 27.4 Å². The Morgan fingerprint density at radius 1 is 1.15 bits per heavy atom. The summed E-state index contributed by atoms with van der Waals surface area (Å²) < 4.78 is 28.8. The second-order valence-electron chi connectivity index (χ2n) is 6.67. The van der Waals surface area contributed by atoms with Gasteiger partial charge >= 0.3 is 5.97 Å². The summed E-state index contributed by atoms with van der Waals surface area (Å²) in [4.78, 5) is 26.9. The number of sulfone groups is 1. The van der Waals surface area contributed by atoms with Crippen LogP contribution in [0.2, 0.25) is 0 Å². The van der Waals surface area contributed by atoms with E-state index < -0.39 is 21.9 Å². The molecule has 0 saturated carbocycles. The fourth-order valence-electron chi connectivity index (χ4n) is 3.11. The van der Waals surface area contributed by atoms with Crippen molar-refractivity contribution in [1.82, 2.24) is 0 Å². The van der Waals surface area contributed by atoms with Crippen molar-refractivity contribution in [3.8, 4) is 0 Å². The van der Waals surface area contributed by atoms with Crippen molar-refractivity contribution < 1.29 is 22.7 Å². The molecule has 7 heteroatoms. The molecule has 0 bridgehead atoms. The molecular formula is C20H21NO5S. The van der Waals surface area contributed by atoms with E-state index in [9.17, 15) is 18.0 Å². The third kappa shape index (κ3) is 3.88. The number of anilines is 1. The van der Waals surface area contributed by atoms with Crippen LogP contribution >= 0.6 is 0 Å². The number of carbonyl (C=O) groups is 2. The van der Waals surface area contributed by atoms with Gasteiger partial charge in [0.15, 0.2) is 15.9 Å². The molecule has 0 aromatic heterocycles. The topological polar surface area (TPSA) is 80.7 Å². The number of aryl methyl sites for hydroxylation is 1. The van der Waals surface area contributed by atoms with Gasteiger partial charge in [0.25, 0.3) is 5.91 Å². The summed E-state index contributed by atoms with van der Waals surface area (Å²) in [6.45, 7) is 3.76. The Morgan fingerprint density at radius 2 is 1.85 bits per heavy atom. The molecule has 2 aromatic rings. The Bertz CT molecular complexity index is 1010. The first-order valence-electron chi connectivity index (χ1n) is 8.59.